The first-order chi connectivity index (χ1) is 12.4. The molecule has 0 aliphatic heterocycles. The Labute approximate surface area is 156 Å². The summed E-state index contributed by atoms with van der Waals surface area (Å²) in [7, 11) is 1.36. The van der Waals surface area contributed by atoms with Gasteiger partial charge in [-0.1, -0.05) is 35.9 Å². The van der Waals surface area contributed by atoms with Gasteiger partial charge in [0, 0.05) is 11.6 Å². The molecule has 0 radical (unpaired) electrons. The lowest BCUT2D eigenvalue weighted by atomic mass is 10.1. The summed E-state index contributed by atoms with van der Waals surface area (Å²) in [5, 5.41) is 3.20. The zero-order valence-electron chi connectivity index (χ0n) is 14.4. The molecule has 0 saturated carbocycles. The number of carbonyl (C=O) groups excluding carboxylic acids is 2. The number of rotatable bonds is 7. The standard InChI is InChI=1S/C19H19ClFNO4/c1-12(19(24)22-11-14-5-3-4-6-15(14)20)26-18(23)10-13-7-8-17(25-2)16(21)9-13/h3-9,12H,10-11H2,1-2H3,(H,22,24)/t12-/m0/s1. The highest BCUT2D eigenvalue weighted by Gasteiger charge is 2.18. The quantitative estimate of drug-likeness (QED) is 0.750. The van der Waals surface area contributed by atoms with Crippen LogP contribution in [0.1, 0.15) is 18.1 Å². The van der Waals surface area contributed by atoms with Crippen molar-refractivity contribution in [3.05, 3.63) is 64.4 Å². The molecule has 1 N–H and O–H groups in total. The van der Waals surface area contributed by atoms with Crippen LogP contribution < -0.4 is 10.1 Å². The van der Waals surface area contributed by atoms with Crippen LogP contribution in [0.25, 0.3) is 0 Å². The van der Waals surface area contributed by atoms with E-state index in [1.807, 2.05) is 6.07 Å². The van der Waals surface area contributed by atoms with E-state index in [0.717, 1.165) is 5.56 Å². The Morgan fingerprint density at radius 1 is 1.23 bits per heavy atom. The molecule has 1 amide bonds. The molecule has 2 aromatic carbocycles. The van der Waals surface area contributed by atoms with Crippen LogP contribution in [0.5, 0.6) is 5.75 Å². The molecule has 0 fully saturated rings. The van der Waals surface area contributed by atoms with Gasteiger partial charge >= 0.3 is 5.97 Å². The number of hydrogen-bond donors (Lipinski definition) is 1. The summed E-state index contributed by atoms with van der Waals surface area (Å²) in [6.07, 6.45) is -1.13. The summed E-state index contributed by atoms with van der Waals surface area (Å²) in [6, 6.07) is 11.3. The number of amides is 1. The summed E-state index contributed by atoms with van der Waals surface area (Å²) in [5.41, 5.74) is 1.19. The van der Waals surface area contributed by atoms with E-state index in [9.17, 15) is 14.0 Å². The molecule has 0 saturated heterocycles. The first-order valence-electron chi connectivity index (χ1n) is 7.93. The van der Waals surface area contributed by atoms with Crippen molar-refractivity contribution in [1.29, 1.82) is 0 Å². The number of esters is 1. The van der Waals surface area contributed by atoms with Gasteiger partial charge in [0.15, 0.2) is 17.7 Å². The van der Waals surface area contributed by atoms with Crippen molar-refractivity contribution in [3.63, 3.8) is 0 Å². The minimum absolute atomic E-state index is 0.0921. The van der Waals surface area contributed by atoms with Gasteiger partial charge in [-0.25, -0.2) is 4.39 Å². The molecule has 138 valence electrons. The van der Waals surface area contributed by atoms with Gasteiger partial charge in [0.1, 0.15) is 0 Å². The molecular formula is C19H19ClFNO4. The van der Waals surface area contributed by atoms with Crippen molar-refractivity contribution in [3.8, 4) is 5.75 Å². The maximum atomic E-state index is 13.6. The highest BCUT2D eigenvalue weighted by molar-refractivity contribution is 6.31. The zero-order chi connectivity index (χ0) is 19.1. The lowest BCUT2D eigenvalue weighted by molar-refractivity contribution is -0.154. The smallest absolute Gasteiger partial charge is 0.311 e. The number of benzene rings is 2. The van der Waals surface area contributed by atoms with Gasteiger partial charge in [-0.2, -0.15) is 0 Å². The van der Waals surface area contributed by atoms with Crippen molar-refractivity contribution < 1.29 is 23.5 Å². The van der Waals surface area contributed by atoms with Gasteiger partial charge in [0.2, 0.25) is 0 Å². The summed E-state index contributed by atoms with van der Waals surface area (Å²) < 4.78 is 23.5. The summed E-state index contributed by atoms with van der Waals surface area (Å²) in [5.74, 6) is -1.55. The van der Waals surface area contributed by atoms with Crippen molar-refractivity contribution >= 4 is 23.5 Å². The molecule has 2 aromatic rings. The Morgan fingerprint density at radius 2 is 1.96 bits per heavy atom. The number of methoxy groups -OCH3 is 1. The third-order valence-electron chi connectivity index (χ3n) is 3.65. The Morgan fingerprint density at radius 3 is 2.62 bits per heavy atom. The topological polar surface area (TPSA) is 64.6 Å². The first-order valence-corrected chi connectivity index (χ1v) is 8.31. The van der Waals surface area contributed by atoms with Crippen LogP contribution in [-0.2, 0) is 27.3 Å². The molecule has 7 heteroatoms. The van der Waals surface area contributed by atoms with Gasteiger partial charge in [-0.15, -0.1) is 0 Å². The summed E-state index contributed by atoms with van der Waals surface area (Å²) in [4.78, 5) is 24.0. The van der Waals surface area contributed by atoms with Gasteiger partial charge in [-0.05, 0) is 36.2 Å². The van der Waals surface area contributed by atoms with E-state index in [1.165, 1.54) is 26.2 Å². The van der Waals surface area contributed by atoms with E-state index in [4.69, 9.17) is 21.1 Å². The third kappa shape index (κ3) is 5.46. The van der Waals surface area contributed by atoms with Crippen LogP contribution in [0.15, 0.2) is 42.5 Å². The predicted molar refractivity (Wildman–Crippen MR) is 95.5 cm³/mol. The fourth-order valence-corrected chi connectivity index (χ4v) is 2.45. The Balaban J connectivity index is 1.85. The Bertz CT molecular complexity index is 797. The van der Waals surface area contributed by atoms with E-state index in [2.05, 4.69) is 5.32 Å². The van der Waals surface area contributed by atoms with Crippen LogP contribution in [-0.4, -0.2) is 25.1 Å². The molecule has 0 heterocycles. The van der Waals surface area contributed by atoms with E-state index >= 15 is 0 Å². The lowest BCUT2D eigenvalue weighted by Gasteiger charge is -2.14. The van der Waals surface area contributed by atoms with Gasteiger partial charge in [0.05, 0.1) is 13.5 Å². The number of ether oxygens (including phenoxy) is 2. The molecule has 0 aliphatic carbocycles. The normalized spacial score (nSPS) is 11.5. The van der Waals surface area contributed by atoms with Gasteiger partial charge in [-0.3, -0.25) is 9.59 Å². The second kappa shape index (κ2) is 9.20. The SMILES string of the molecule is COc1ccc(CC(=O)O[C@@H](C)C(=O)NCc2ccccc2Cl)cc1F. The van der Waals surface area contributed by atoms with Crippen LogP contribution >= 0.6 is 11.6 Å². The van der Waals surface area contributed by atoms with Crippen LogP contribution in [0.4, 0.5) is 4.39 Å². The lowest BCUT2D eigenvalue weighted by Crippen LogP contribution is -2.35. The molecular weight excluding hydrogens is 361 g/mol. The highest BCUT2D eigenvalue weighted by Crippen LogP contribution is 2.18. The van der Waals surface area contributed by atoms with Crippen LogP contribution in [0.3, 0.4) is 0 Å². The fourth-order valence-electron chi connectivity index (χ4n) is 2.25. The van der Waals surface area contributed by atoms with E-state index < -0.39 is 23.8 Å². The first kappa shape index (κ1) is 19.7. The number of halogens is 2. The van der Waals surface area contributed by atoms with E-state index in [-0.39, 0.29) is 18.7 Å². The Hall–Kier alpha value is -2.60. The number of hydrogen-bond acceptors (Lipinski definition) is 4. The van der Waals surface area contributed by atoms with Crippen molar-refractivity contribution in [2.24, 2.45) is 0 Å². The molecule has 0 aliphatic rings. The highest BCUT2D eigenvalue weighted by atomic mass is 35.5. The van der Waals surface area contributed by atoms with Crippen molar-refractivity contribution in [2.45, 2.75) is 26.0 Å². The van der Waals surface area contributed by atoms with E-state index in [1.54, 1.807) is 24.3 Å². The molecule has 5 nitrogen and oxygen atoms in total. The molecule has 0 aromatic heterocycles. The number of carbonyl (C=O) groups is 2. The van der Waals surface area contributed by atoms with Gasteiger partial charge < -0.3 is 14.8 Å². The maximum absolute atomic E-state index is 13.6. The summed E-state index contributed by atoms with van der Waals surface area (Å²) in [6.45, 7) is 1.69. The van der Waals surface area contributed by atoms with Crippen molar-refractivity contribution in [2.75, 3.05) is 7.11 Å². The van der Waals surface area contributed by atoms with Crippen LogP contribution in [0, 0.1) is 5.82 Å². The second-order valence-electron chi connectivity index (χ2n) is 5.59. The molecule has 0 bridgehead atoms. The average Bonchev–Trinajstić information content (AvgIpc) is 2.60. The van der Waals surface area contributed by atoms with Gasteiger partial charge in [0.25, 0.3) is 5.91 Å². The van der Waals surface area contributed by atoms with E-state index in [0.29, 0.717) is 10.6 Å². The monoisotopic (exact) mass is 379 g/mol. The molecule has 2 rings (SSSR count). The zero-order valence-corrected chi connectivity index (χ0v) is 15.2. The second-order valence-corrected chi connectivity index (χ2v) is 5.99. The Kier molecular flexibility index (Phi) is 6.97. The minimum Gasteiger partial charge on any atom is -0.494 e. The fraction of sp³-hybridized carbons (Fsp3) is 0.263. The predicted octanol–water partition coefficient (Wildman–Crippen LogP) is 3.28. The molecule has 0 unspecified atom stereocenters. The molecule has 26 heavy (non-hydrogen) atoms. The molecule has 1 atom stereocenters. The van der Waals surface area contributed by atoms with Crippen LogP contribution in [0.2, 0.25) is 5.02 Å². The largest absolute Gasteiger partial charge is 0.494 e. The summed E-state index contributed by atoms with van der Waals surface area (Å²) >= 11 is 6.02. The molecule has 0 spiro atoms. The van der Waals surface area contributed by atoms with Crippen molar-refractivity contribution in [1.82, 2.24) is 5.32 Å². The number of nitrogens with one attached hydrogen (secondary N) is 1. The average molecular weight is 380 g/mol. The minimum atomic E-state index is -0.979. The maximum Gasteiger partial charge on any atom is 0.311 e. The third-order valence-corrected chi connectivity index (χ3v) is 4.02.